The van der Waals surface area contributed by atoms with Crippen molar-refractivity contribution in [2.45, 2.75) is 103 Å². The summed E-state index contributed by atoms with van der Waals surface area (Å²) in [4.78, 5) is 125. The van der Waals surface area contributed by atoms with Crippen LogP contribution in [0.1, 0.15) is 103 Å². The third kappa shape index (κ3) is 51.3. The van der Waals surface area contributed by atoms with E-state index in [4.69, 9.17) is 4.74 Å². The molecule has 44 heteroatoms. The summed E-state index contributed by atoms with van der Waals surface area (Å²) in [6.45, 7) is 19.4. The lowest BCUT2D eigenvalue weighted by Gasteiger charge is -2.24. The van der Waals surface area contributed by atoms with Gasteiger partial charge in [0.25, 0.3) is 0 Å². The van der Waals surface area contributed by atoms with Crippen LogP contribution in [0.4, 0.5) is 9.59 Å². The second-order valence-corrected chi connectivity index (χ2v) is 42.1. The van der Waals surface area contributed by atoms with E-state index in [0.29, 0.717) is 73.8 Å². The SMILES string of the molecule is C=S1(=O)CCN(C)CC1.CN1CC(=O)NC1=O.CN1CCC(=O)CC1.CN1CCCC1=O.CN1CCCC1=O.CN1CCCCC1=O.CN1CCCCC1=O.CN1CCCOC1=O.CN1CCCS1(=O)=O.CN1CCCS1(=O)=O.CN1CCCS1=O.CN1CCNCC1=O.CN1CCNS1=O.CN1CCOCC1=O.CN1CCS(=O)CC1. The molecule has 3 N–H and O–H groups in total. The van der Waals surface area contributed by atoms with Crippen LogP contribution in [0.5, 0.6) is 0 Å². The van der Waals surface area contributed by atoms with Crippen molar-refractivity contribution < 1.29 is 91.1 Å². The average molecular weight is 1790 g/mol. The molecule has 10 amide bonds. The summed E-state index contributed by atoms with van der Waals surface area (Å²) in [5.74, 6) is 10.2. The van der Waals surface area contributed by atoms with Crippen LogP contribution in [0.15, 0.2) is 0 Å². The van der Waals surface area contributed by atoms with Crippen molar-refractivity contribution >= 4 is 128 Å². The van der Waals surface area contributed by atoms with Crippen LogP contribution in [0.2, 0.25) is 0 Å². The van der Waals surface area contributed by atoms with Crippen molar-refractivity contribution in [1.82, 2.24) is 86.5 Å². The number of amides is 10. The van der Waals surface area contributed by atoms with Crippen LogP contribution in [-0.4, -0.2) is 473 Å². The number of hydrogen-bond acceptors (Lipinski definition) is 24. The standard InChI is InChI=1S/C6H13NOS.3C6H11NO.C5H10N2O.2C5H9NO2.C5H11NOS.2C5H9NO.C4H6N2O2.2C4H9NO2S.C4H9NOS.C3H8N2OS/c1-7-3-5-9(2,8)6-4-7;1-7-4-2-6(8)3-5-7;2*1-7-5-3-2-4-6(7)8;1-7-3-2-6-4-5(7)8;1-6-2-3-8-4-5(6)7;1-6-3-2-4-8-5(6)7;1-6-2-4-8(7)5-3-6;2*1-6-4-2-3-5(6)7;1-6-2-3(7)5-4(6)8;2*1-5-3-2-4-8(5,6)7;2*1-5-3-2-4-7(5)6/h2-6H2,1H3;3*2-5H2,1H3;6H,2-4H2,1H3;2*2-4H2,1H3;2-5H2,1H3;2*2-4H2,1H3;2H2,1H3,(H,5,7,8);2*2-4H2,1H3;2-4H2,1H3;4H,2-3H2,1H3. The Labute approximate surface area is 706 Å². The smallest absolute Gasteiger partial charge is 0.409 e. The summed E-state index contributed by atoms with van der Waals surface area (Å²) in [6.07, 6.45) is 14.6. The largest absolute Gasteiger partial charge is 0.449 e. The van der Waals surface area contributed by atoms with Crippen LogP contribution in [0.25, 0.3) is 0 Å². The van der Waals surface area contributed by atoms with Gasteiger partial charge in [0.15, 0.2) is 11.2 Å². The highest BCUT2D eigenvalue weighted by atomic mass is 32.2. The molecule has 0 aromatic heterocycles. The van der Waals surface area contributed by atoms with E-state index in [1.807, 2.05) is 60.7 Å². The molecular weight excluding hydrogens is 1640 g/mol. The van der Waals surface area contributed by atoms with Crippen molar-refractivity contribution in [3.05, 3.63) is 0 Å². The van der Waals surface area contributed by atoms with Gasteiger partial charge in [0, 0.05) is 280 Å². The summed E-state index contributed by atoms with van der Waals surface area (Å²) >= 11 is -0.884. The number of hydrogen-bond donors (Lipinski definition) is 3. The highest BCUT2D eigenvalue weighted by Gasteiger charge is 2.26. The third-order valence-corrected chi connectivity index (χ3v) is 29.6. The monoisotopic (exact) mass is 1780 g/mol. The van der Waals surface area contributed by atoms with E-state index in [-0.39, 0.29) is 43.0 Å². The number of nitrogens with one attached hydrogen (secondary N) is 3. The van der Waals surface area contributed by atoms with Gasteiger partial charge in [-0.25, -0.2) is 56.8 Å². The molecule has 682 valence electrons. The van der Waals surface area contributed by atoms with E-state index in [2.05, 4.69) is 54.8 Å². The van der Waals surface area contributed by atoms with Gasteiger partial charge < -0.3 is 68.7 Å². The fraction of sp³-hybridized carbons (Fsp3) is 0.849. The molecule has 0 saturated carbocycles. The summed E-state index contributed by atoms with van der Waals surface area (Å²) in [7, 11) is 19.1. The molecule has 38 nitrogen and oxygen atoms in total. The molecule has 0 radical (unpaired) electrons. The van der Waals surface area contributed by atoms with Gasteiger partial charge in [0.05, 0.1) is 42.2 Å². The molecule has 15 heterocycles. The van der Waals surface area contributed by atoms with Crippen molar-refractivity contribution in [1.29, 1.82) is 0 Å². The van der Waals surface area contributed by atoms with Crippen molar-refractivity contribution in [3.63, 3.8) is 0 Å². The zero-order valence-corrected chi connectivity index (χ0v) is 77.7. The number of rotatable bonds is 0. The second kappa shape index (κ2) is 60.2. The Morgan fingerprint density at radius 2 is 0.821 bits per heavy atom. The first kappa shape index (κ1) is 110. The van der Waals surface area contributed by atoms with E-state index in [9.17, 15) is 81.6 Å². The number of nitrogens with zero attached hydrogens (tertiary/aromatic N) is 15. The van der Waals surface area contributed by atoms with E-state index < -0.39 is 62.5 Å². The number of imide groups is 1. The van der Waals surface area contributed by atoms with E-state index >= 15 is 0 Å². The molecule has 117 heavy (non-hydrogen) atoms. The maximum absolute atomic E-state index is 11.2. The van der Waals surface area contributed by atoms with E-state index in [1.165, 1.54) is 26.4 Å². The molecule has 0 aromatic rings. The maximum atomic E-state index is 11.2. The minimum Gasteiger partial charge on any atom is -0.449 e. The lowest BCUT2D eigenvalue weighted by molar-refractivity contribution is -0.140. The van der Waals surface area contributed by atoms with Gasteiger partial charge in [0.2, 0.25) is 61.4 Å². The quantitative estimate of drug-likeness (QED) is 0.172. The molecule has 15 saturated heterocycles. The van der Waals surface area contributed by atoms with Gasteiger partial charge >= 0.3 is 12.1 Å². The van der Waals surface area contributed by atoms with Crippen molar-refractivity contribution in [2.24, 2.45) is 0 Å². The summed E-state index contributed by atoms with van der Waals surface area (Å²) < 4.78 is 105. The van der Waals surface area contributed by atoms with Gasteiger partial charge in [-0.1, -0.05) is 0 Å². The van der Waals surface area contributed by atoms with Crippen LogP contribution < -0.4 is 15.4 Å². The minimum absolute atomic E-state index is 0.0799. The Balaban J connectivity index is 0.000000627. The number of sulfonamides is 2. The topological polar surface area (TPSA) is 410 Å². The number of Topliss-reactive ketones (excluding diaryl/α,β-unsaturated/α-hetero) is 1. The van der Waals surface area contributed by atoms with Gasteiger partial charge in [-0.3, -0.25) is 52.1 Å². The first-order valence-corrected chi connectivity index (χ1v) is 49.3. The highest BCUT2D eigenvalue weighted by molar-refractivity contribution is 8.00. The Hall–Kier alpha value is -5.33. The Kier molecular flexibility index (Phi) is 56.5. The first-order chi connectivity index (χ1) is 54.9. The fourth-order valence-electron chi connectivity index (χ4n) is 11.1. The molecule has 0 bridgehead atoms. The molecule has 15 aliphatic rings. The summed E-state index contributed by atoms with van der Waals surface area (Å²) in [5, 5.41) is 5.09. The Morgan fingerprint density at radius 3 is 1.04 bits per heavy atom. The molecule has 2 unspecified atom stereocenters. The molecule has 2 atom stereocenters. The number of likely N-dealkylation sites (N-methyl/N-ethyl adjacent to an activating group) is 4. The zero-order chi connectivity index (χ0) is 88.4. The molecular formula is C73H144N18O20S6. The van der Waals surface area contributed by atoms with Crippen LogP contribution in [0.3, 0.4) is 0 Å². The van der Waals surface area contributed by atoms with Crippen LogP contribution in [0, 0.1) is 0 Å². The number of urea groups is 1. The first-order valence-electron chi connectivity index (χ1n) is 40.1. The normalized spacial score (nSPS) is 24.8. The highest BCUT2D eigenvalue weighted by Crippen LogP contribution is 2.13. The molecule has 15 fully saturated rings. The second-order valence-electron chi connectivity index (χ2n) is 30.2. The predicted octanol–water partition coefficient (Wildman–Crippen LogP) is -2.12. The molecule has 15 aliphatic heterocycles. The number of piperidine rings is 3. The number of piperazine rings is 1. The lowest BCUT2D eigenvalue weighted by atomic mass is 10.1. The number of ketones is 1. The number of morpholine rings is 1. The Morgan fingerprint density at radius 1 is 0.376 bits per heavy atom. The van der Waals surface area contributed by atoms with E-state index in [0.717, 1.165) is 230 Å². The number of likely N-dealkylation sites (tertiary alicyclic amines) is 5. The number of carbonyl (C=O) groups is 10. The molecule has 0 aromatic carbocycles. The Bertz CT molecular complexity index is 3120. The van der Waals surface area contributed by atoms with Crippen LogP contribution >= 0.6 is 0 Å². The predicted molar refractivity (Wildman–Crippen MR) is 461 cm³/mol. The zero-order valence-electron chi connectivity index (χ0n) is 72.8. The van der Waals surface area contributed by atoms with Gasteiger partial charge in [-0.15, -0.1) is 0 Å². The summed E-state index contributed by atoms with van der Waals surface area (Å²) in [5.41, 5.74) is 0. The summed E-state index contributed by atoms with van der Waals surface area (Å²) in [6, 6.07) is -0.310. The lowest BCUT2D eigenvalue weighted by Crippen LogP contribution is -2.45. The number of ether oxygens (including phenoxy) is 2. The molecule has 0 aliphatic carbocycles. The fourth-order valence-corrected chi connectivity index (χ4v) is 18.0. The third-order valence-electron chi connectivity index (χ3n) is 19.8. The maximum Gasteiger partial charge on any atom is 0.409 e. The van der Waals surface area contributed by atoms with E-state index in [1.54, 1.807) is 73.8 Å². The van der Waals surface area contributed by atoms with Gasteiger partial charge in [-0.2, -0.15) is 0 Å². The average Bonchev–Trinajstić information content (AvgIpc) is 1.78. The number of carbonyl (C=O) groups excluding carboxylic acids is 10. The van der Waals surface area contributed by atoms with Crippen molar-refractivity contribution in [2.75, 3.05) is 303 Å². The molecule has 0 spiro atoms. The number of cyclic esters (lactones) is 1. The van der Waals surface area contributed by atoms with Crippen LogP contribution in [-0.2, 0) is 110 Å². The van der Waals surface area contributed by atoms with Gasteiger partial charge in [0.1, 0.15) is 18.9 Å². The molecule has 15 rings (SSSR count). The van der Waals surface area contributed by atoms with Gasteiger partial charge in [-0.05, 0) is 108 Å². The minimum atomic E-state index is -2.79. The van der Waals surface area contributed by atoms with Crippen molar-refractivity contribution in [3.8, 4) is 0 Å².